The van der Waals surface area contributed by atoms with Crippen LogP contribution in [0.15, 0.2) is 72.8 Å². The van der Waals surface area contributed by atoms with Crippen LogP contribution in [0.1, 0.15) is 64.5 Å². The number of carbonyl (C=O) groups excluding carboxylic acids is 3. The average Bonchev–Trinajstić information content (AvgIpc) is 3.54. The van der Waals surface area contributed by atoms with E-state index in [9.17, 15) is 14.4 Å². The number of anilines is 1. The zero-order valence-electron chi connectivity index (χ0n) is 26.7. The second-order valence-electron chi connectivity index (χ2n) is 12.5. The molecule has 1 aromatic heterocycles. The summed E-state index contributed by atoms with van der Waals surface area (Å²) in [6.45, 7) is 7.66. The summed E-state index contributed by atoms with van der Waals surface area (Å²) >= 11 is 0. The number of H-pyrrole nitrogens is 1. The predicted molar refractivity (Wildman–Crippen MR) is 176 cm³/mol. The number of para-hydroxylation sites is 1. The molecule has 1 aliphatic rings. The normalized spacial score (nSPS) is 15.4. The van der Waals surface area contributed by atoms with E-state index in [4.69, 9.17) is 4.74 Å². The van der Waals surface area contributed by atoms with Gasteiger partial charge in [0.1, 0.15) is 17.7 Å². The third kappa shape index (κ3) is 7.96. The van der Waals surface area contributed by atoms with Gasteiger partial charge in [0.2, 0.25) is 11.8 Å². The molecule has 3 aromatic carbocycles. The summed E-state index contributed by atoms with van der Waals surface area (Å²) in [5, 5.41) is 20.0. The lowest BCUT2D eigenvalue weighted by Crippen LogP contribution is -2.54. The van der Waals surface area contributed by atoms with Gasteiger partial charge in [-0.15, -0.1) is 5.10 Å². The summed E-state index contributed by atoms with van der Waals surface area (Å²) in [4.78, 5) is 42.0. The zero-order chi connectivity index (χ0) is 32.7. The first-order valence-corrected chi connectivity index (χ1v) is 15.7. The van der Waals surface area contributed by atoms with Crippen LogP contribution in [-0.2, 0) is 27.3 Å². The Labute approximate surface area is 269 Å². The molecule has 2 unspecified atom stereocenters. The van der Waals surface area contributed by atoms with Crippen LogP contribution >= 0.6 is 0 Å². The molecule has 3 N–H and O–H groups in total. The molecule has 46 heavy (non-hydrogen) atoms. The second kappa shape index (κ2) is 14.4. The monoisotopic (exact) mass is 623 g/mol. The highest BCUT2D eigenvalue weighted by atomic mass is 16.6. The zero-order valence-corrected chi connectivity index (χ0v) is 26.7. The van der Waals surface area contributed by atoms with Crippen LogP contribution < -0.4 is 15.5 Å². The molecule has 5 rings (SSSR count). The molecule has 0 saturated carbocycles. The largest absolute Gasteiger partial charge is 0.444 e. The van der Waals surface area contributed by atoms with E-state index in [1.807, 2.05) is 79.7 Å². The SMILES string of the molecule is CCCCC(NC(=O)OC(C)(C)C)C(=O)NC1CCc2ccccc2N(Cc2ccc(-c3ccccc3-c3nnn[nH]3)cc2)C1=O. The summed E-state index contributed by atoms with van der Waals surface area (Å²) in [5.74, 6) is -0.0108. The maximum atomic E-state index is 14.1. The van der Waals surface area contributed by atoms with Gasteiger partial charge in [-0.1, -0.05) is 86.5 Å². The van der Waals surface area contributed by atoms with Crippen LogP contribution in [0.5, 0.6) is 0 Å². The van der Waals surface area contributed by atoms with Gasteiger partial charge in [-0.3, -0.25) is 9.59 Å². The molecule has 11 heteroatoms. The molecule has 11 nitrogen and oxygen atoms in total. The lowest BCUT2D eigenvalue weighted by Gasteiger charge is -2.28. The van der Waals surface area contributed by atoms with Crippen LogP contribution in [0, 0.1) is 0 Å². The number of amides is 3. The van der Waals surface area contributed by atoms with Gasteiger partial charge in [0.25, 0.3) is 0 Å². The van der Waals surface area contributed by atoms with E-state index in [0.717, 1.165) is 46.3 Å². The Bertz CT molecular complexity index is 1650. The first-order chi connectivity index (χ1) is 22.1. The van der Waals surface area contributed by atoms with Crippen LogP contribution in [-0.4, -0.2) is 56.2 Å². The number of aromatic amines is 1. The number of aryl methyl sites for hydroxylation is 1. The Morgan fingerprint density at radius 2 is 1.74 bits per heavy atom. The molecule has 4 aromatic rings. The number of tetrazole rings is 1. The Balaban J connectivity index is 1.35. The lowest BCUT2D eigenvalue weighted by atomic mass is 9.98. The van der Waals surface area contributed by atoms with Gasteiger partial charge >= 0.3 is 6.09 Å². The summed E-state index contributed by atoms with van der Waals surface area (Å²) in [5.41, 5.74) is 4.94. The number of nitrogens with zero attached hydrogens (tertiary/aromatic N) is 4. The van der Waals surface area contributed by atoms with Crippen molar-refractivity contribution in [1.82, 2.24) is 31.3 Å². The van der Waals surface area contributed by atoms with Crippen molar-refractivity contribution in [3.8, 4) is 22.5 Å². The van der Waals surface area contributed by atoms with E-state index in [-0.39, 0.29) is 5.91 Å². The van der Waals surface area contributed by atoms with Gasteiger partial charge in [-0.2, -0.15) is 0 Å². The molecule has 0 saturated heterocycles. The molecule has 2 heterocycles. The Morgan fingerprint density at radius 1 is 1.02 bits per heavy atom. The molecule has 2 atom stereocenters. The molecule has 3 amide bonds. The minimum atomic E-state index is -0.815. The van der Waals surface area contributed by atoms with Crippen molar-refractivity contribution in [2.45, 2.75) is 84.0 Å². The number of aromatic nitrogens is 4. The third-order valence-electron chi connectivity index (χ3n) is 7.85. The van der Waals surface area contributed by atoms with E-state index in [1.165, 1.54) is 0 Å². The summed E-state index contributed by atoms with van der Waals surface area (Å²) in [7, 11) is 0. The number of fused-ring (bicyclic) bond motifs is 1. The molecule has 0 radical (unpaired) electrons. The van der Waals surface area contributed by atoms with Gasteiger partial charge in [0.15, 0.2) is 5.82 Å². The van der Waals surface area contributed by atoms with Crippen LogP contribution in [0.2, 0.25) is 0 Å². The molecular weight excluding hydrogens is 582 g/mol. The summed E-state index contributed by atoms with van der Waals surface area (Å²) < 4.78 is 5.40. The van der Waals surface area contributed by atoms with Gasteiger partial charge in [0, 0.05) is 11.3 Å². The van der Waals surface area contributed by atoms with Gasteiger partial charge in [-0.25, -0.2) is 9.89 Å². The van der Waals surface area contributed by atoms with E-state index >= 15 is 0 Å². The number of ether oxygens (including phenoxy) is 1. The minimum Gasteiger partial charge on any atom is -0.444 e. The summed E-state index contributed by atoms with van der Waals surface area (Å²) in [6.07, 6.45) is 2.43. The highest BCUT2D eigenvalue weighted by molar-refractivity contribution is 6.01. The van der Waals surface area contributed by atoms with Gasteiger partial charge < -0.3 is 20.3 Å². The van der Waals surface area contributed by atoms with Crippen molar-refractivity contribution < 1.29 is 19.1 Å². The lowest BCUT2D eigenvalue weighted by molar-refractivity contribution is -0.129. The number of benzene rings is 3. The van der Waals surface area contributed by atoms with Crippen LogP contribution in [0.3, 0.4) is 0 Å². The number of nitrogens with one attached hydrogen (secondary N) is 3. The molecular formula is C35H41N7O4. The number of unbranched alkanes of at least 4 members (excludes halogenated alkanes) is 1. The smallest absolute Gasteiger partial charge is 0.408 e. The fourth-order valence-electron chi connectivity index (χ4n) is 5.60. The highest BCUT2D eigenvalue weighted by Gasteiger charge is 2.33. The second-order valence-corrected chi connectivity index (χ2v) is 12.5. The van der Waals surface area contributed by atoms with Crippen molar-refractivity contribution in [3.05, 3.63) is 83.9 Å². The number of rotatable bonds is 10. The van der Waals surface area contributed by atoms with Crippen molar-refractivity contribution in [2.75, 3.05) is 4.90 Å². The average molecular weight is 624 g/mol. The topological polar surface area (TPSA) is 142 Å². The highest BCUT2D eigenvalue weighted by Crippen LogP contribution is 2.32. The standard InChI is InChI=1S/C35H41N7O4/c1-5-6-14-28(37-34(45)46-35(2,3)4)32(43)36-29-21-20-25-11-7-10-15-30(25)42(33(29)44)22-23-16-18-24(19-17-23)26-12-8-9-13-27(26)31-38-40-41-39-31/h7-13,15-19,28-29H,5-6,14,20-22H2,1-4H3,(H,36,43)(H,37,45)(H,38,39,40,41). The third-order valence-corrected chi connectivity index (χ3v) is 7.85. The molecule has 0 spiro atoms. The Morgan fingerprint density at radius 3 is 2.43 bits per heavy atom. The minimum absolute atomic E-state index is 0.197. The van der Waals surface area contributed by atoms with E-state index in [1.54, 1.807) is 25.7 Å². The first-order valence-electron chi connectivity index (χ1n) is 15.7. The number of hydrogen-bond donors (Lipinski definition) is 3. The number of hydrogen-bond acceptors (Lipinski definition) is 7. The fourth-order valence-corrected chi connectivity index (χ4v) is 5.60. The van der Waals surface area contributed by atoms with Crippen molar-refractivity contribution in [1.29, 1.82) is 0 Å². The van der Waals surface area contributed by atoms with Gasteiger partial charge in [-0.05, 0) is 78.8 Å². The maximum Gasteiger partial charge on any atom is 0.408 e. The quantitative estimate of drug-likeness (QED) is 0.209. The molecule has 1 aliphatic heterocycles. The molecule has 0 fully saturated rings. The van der Waals surface area contributed by atoms with E-state index < -0.39 is 29.7 Å². The molecule has 0 aliphatic carbocycles. The number of carbonyl (C=O) groups is 3. The van der Waals surface area contributed by atoms with Crippen LogP contribution in [0.25, 0.3) is 22.5 Å². The first kappa shape index (κ1) is 32.3. The Kier molecular flexibility index (Phi) is 10.1. The fraction of sp³-hybridized carbons (Fsp3) is 0.371. The van der Waals surface area contributed by atoms with Crippen molar-refractivity contribution >= 4 is 23.6 Å². The van der Waals surface area contributed by atoms with Crippen molar-refractivity contribution in [3.63, 3.8) is 0 Å². The Hall–Kier alpha value is -5.06. The summed E-state index contributed by atoms with van der Waals surface area (Å²) in [6, 6.07) is 22.2. The maximum absolute atomic E-state index is 14.1. The van der Waals surface area contributed by atoms with Gasteiger partial charge in [0.05, 0.1) is 6.54 Å². The molecule has 0 bridgehead atoms. The van der Waals surface area contributed by atoms with E-state index in [2.05, 4.69) is 31.3 Å². The van der Waals surface area contributed by atoms with Crippen LogP contribution in [0.4, 0.5) is 10.5 Å². The van der Waals surface area contributed by atoms with Crippen molar-refractivity contribution in [2.24, 2.45) is 0 Å². The number of alkyl carbamates (subject to hydrolysis) is 1. The predicted octanol–water partition coefficient (Wildman–Crippen LogP) is 5.58. The van der Waals surface area contributed by atoms with E-state index in [0.29, 0.717) is 31.6 Å². The molecule has 240 valence electrons.